The number of nitro groups is 1. The molecule has 2 aromatic carbocycles. The number of aliphatic imine (C=N–C) groups is 1. The predicted octanol–water partition coefficient (Wildman–Crippen LogP) is 3.00. The Labute approximate surface area is 151 Å². The highest BCUT2D eigenvalue weighted by molar-refractivity contribution is 6.01. The molecule has 0 saturated heterocycles. The van der Waals surface area contributed by atoms with Crippen molar-refractivity contribution in [1.82, 2.24) is 0 Å². The van der Waals surface area contributed by atoms with Gasteiger partial charge < -0.3 is 9.64 Å². The van der Waals surface area contributed by atoms with Crippen molar-refractivity contribution in [3.8, 4) is 5.75 Å². The lowest BCUT2D eigenvalue weighted by atomic mass is 10.1. The van der Waals surface area contributed by atoms with Crippen LogP contribution in [0.25, 0.3) is 0 Å². The van der Waals surface area contributed by atoms with Crippen molar-refractivity contribution in [3.05, 3.63) is 63.7 Å². The SMILES string of the molecule is CCc1ccc(OCC(=O)N2CCN=Cc3cc([N+](=O)[O-])ccc32)cc1. The maximum Gasteiger partial charge on any atom is 0.270 e. The molecule has 0 fully saturated rings. The summed E-state index contributed by atoms with van der Waals surface area (Å²) >= 11 is 0. The van der Waals surface area contributed by atoms with E-state index in [4.69, 9.17) is 4.74 Å². The van der Waals surface area contributed by atoms with Crippen LogP contribution < -0.4 is 9.64 Å². The molecule has 7 nitrogen and oxygen atoms in total. The minimum atomic E-state index is -0.464. The van der Waals surface area contributed by atoms with E-state index < -0.39 is 4.92 Å². The first-order chi connectivity index (χ1) is 12.6. The van der Waals surface area contributed by atoms with Crippen LogP contribution in [0.15, 0.2) is 47.5 Å². The molecule has 0 aliphatic carbocycles. The van der Waals surface area contributed by atoms with E-state index in [0.717, 1.165) is 6.42 Å². The van der Waals surface area contributed by atoms with E-state index in [1.165, 1.54) is 17.7 Å². The molecule has 1 amide bonds. The summed E-state index contributed by atoms with van der Waals surface area (Å²) in [7, 11) is 0. The van der Waals surface area contributed by atoms with E-state index in [2.05, 4.69) is 11.9 Å². The van der Waals surface area contributed by atoms with E-state index in [0.29, 0.717) is 30.1 Å². The molecular weight excluding hydrogens is 334 g/mol. The standard InChI is InChI=1S/C19H19N3O4/c1-2-14-3-6-17(7-4-14)26-13-19(23)21-10-9-20-12-15-11-16(22(24)25)5-8-18(15)21/h3-8,11-12H,2,9-10,13H2,1H3. The number of aryl methyl sites for hydroxylation is 1. The number of non-ortho nitro benzene ring substituents is 1. The van der Waals surface area contributed by atoms with E-state index in [-0.39, 0.29) is 18.2 Å². The third-order valence-electron chi connectivity index (χ3n) is 4.19. The third kappa shape index (κ3) is 3.88. The number of carbonyl (C=O) groups excluding carboxylic acids is 1. The second-order valence-corrected chi connectivity index (χ2v) is 5.87. The van der Waals surface area contributed by atoms with Gasteiger partial charge in [-0.3, -0.25) is 19.9 Å². The van der Waals surface area contributed by atoms with Crippen molar-refractivity contribution in [2.45, 2.75) is 13.3 Å². The Bertz CT molecular complexity index is 846. The third-order valence-corrected chi connectivity index (χ3v) is 4.19. The molecule has 1 aliphatic heterocycles. The van der Waals surface area contributed by atoms with E-state index in [1.54, 1.807) is 17.2 Å². The first-order valence-electron chi connectivity index (χ1n) is 8.39. The molecule has 0 spiro atoms. The van der Waals surface area contributed by atoms with Gasteiger partial charge in [0.1, 0.15) is 5.75 Å². The minimum absolute atomic E-state index is 0.0308. The number of hydrogen-bond acceptors (Lipinski definition) is 5. The molecule has 0 radical (unpaired) electrons. The largest absolute Gasteiger partial charge is 0.484 e. The van der Waals surface area contributed by atoms with Crippen LogP contribution in [-0.4, -0.2) is 36.7 Å². The van der Waals surface area contributed by atoms with Gasteiger partial charge in [-0.1, -0.05) is 19.1 Å². The smallest absolute Gasteiger partial charge is 0.270 e. The minimum Gasteiger partial charge on any atom is -0.484 e. The summed E-state index contributed by atoms with van der Waals surface area (Å²) in [4.78, 5) is 28.9. The summed E-state index contributed by atoms with van der Waals surface area (Å²) in [5.41, 5.74) is 2.32. The summed E-state index contributed by atoms with van der Waals surface area (Å²) in [6.45, 7) is 2.79. The van der Waals surface area contributed by atoms with Crippen LogP contribution in [-0.2, 0) is 11.2 Å². The van der Waals surface area contributed by atoms with Gasteiger partial charge in [0.25, 0.3) is 11.6 Å². The van der Waals surface area contributed by atoms with Gasteiger partial charge in [-0.25, -0.2) is 0 Å². The van der Waals surface area contributed by atoms with Crippen LogP contribution in [0.4, 0.5) is 11.4 Å². The number of rotatable bonds is 5. The Hall–Kier alpha value is -3.22. The lowest BCUT2D eigenvalue weighted by Gasteiger charge is -2.22. The Morgan fingerprint density at radius 2 is 2.04 bits per heavy atom. The van der Waals surface area contributed by atoms with Gasteiger partial charge in [0.2, 0.25) is 0 Å². The van der Waals surface area contributed by atoms with Crippen LogP contribution in [0.3, 0.4) is 0 Å². The number of fused-ring (bicyclic) bond motifs is 1. The molecule has 0 aromatic heterocycles. The maximum atomic E-state index is 12.6. The average Bonchev–Trinajstić information content (AvgIpc) is 2.88. The fraction of sp³-hybridized carbons (Fsp3) is 0.263. The summed E-state index contributed by atoms with van der Waals surface area (Å²) < 4.78 is 5.60. The molecule has 0 N–H and O–H groups in total. The lowest BCUT2D eigenvalue weighted by molar-refractivity contribution is -0.384. The van der Waals surface area contributed by atoms with E-state index >= 15 is 0 Å². The van der Waals surface area contributed by atoms with Gasteiger partial charge in [-0.05, 0) is 30.2 Å². The monoisotopic (exact) mass is 353 g/mol. The lowest BCUT2D eigenvalue weighted by Crippen LogP contribution is -2.36. The molecule has 1 aliphatic rings. The van der Waals surface area contributed by atoms with Crippen molar-refractivity contribution in [2.24, 2.45) is 4.99 Å². The molecule has 134 valence electrons. The molecule has 3 rings (SSSR count). The van der Waals surface area contributed by atoms with Crippen molar-refractivity contribution in [3.63, 3.8) is 0 Å². The van der Waals surface area contributed by atoms with Crippen molar-refractivity contribution < 1.29 is 14.5 Å². The van der Waals surface area contributed by atoms with Crippen molar-refractivity contribution >= 4 is 23.5 Å². The van der Waals surface area contributed by atoms with Crippen molar-refractivity contribution in [1.29, 1.82) is 0 Å². The molecule has 0 saturated carbocycles. The number of ether oxygens (including phenoxy) is 1. The summed E-state index contributed by atoms with van der Waals surface area (Å²) in [5, 5.41) is 11.0. The quantitative estimate of drug-likeness (QED) is 0.611. The Morgan fingerprint density at radius 1 is 1.27 bits per heavy atom. The Kier molecular flexibility index (Phi) is 5.26. The topological polar surface area (TPSA) is 85.0 Å². The van der Waals surface area contributed by atoms with E-state index in [1.807, 2.05) is 24.3 Å². The molecule has 26 heavy (non-hydrogen) atoms. The van der Waals surface area contributed by atoms with Crippen molar-refractivity contribution in [2.75, 3.05) is 24.6 Å². The summed E-state index contributed by atoms with van der Waals surface area (Å²) in [6.07, 6.45) is 2.51. The molecule has 2 aromatic rings. The van der Waals surface area contributed by atoms with Crippen LogP contribution in [0.5, 0.6) is 5.75 Å². The summed E-state index contributed by atoms with van der Waals surface area (Å²) in [5.74, 6) is 0.413. The van der Waals surface area contributed by atoms with Crippen LogP contribution >= 0.6 is 0 Å². The van der Waals surface area contributed by atoms with E-state index in [9.17, 15) is 14.9 Å². The fourth-order valence-electron chi connectivity index (χ4n) is 2.75. The van der Waals surface area contributed by atoms with Crippen LogP contribution in [0.1, 0.15) is 18.1 Å². The highest BCUT2D eigenvalue weighted by Gasteiger charge is 2.22. The molecule has 7 heteroatoms. The number of anilines is 1. The molecule has 0 unspecified atom stereocenters. The normalized spacial score (nSPS) is 13.0. The second-order valence-electron chi connectivity index (χ2n) is 5.87. The number of carbonyl (C=O) groups is 1. The molecular formula is C19H19N3O4. The number of amides is 1. The number of benzodiazepines with no additional fused rings is 1. The molecule has 0 atom stereocenters. The highest BCUT2D eigenvalue weighted by Crippen LogP contribution is 2.26. The first kappa shape index (κ1) is 17.6. The van der Waals surface area contributed by atoms with Gasteiger partial charge in [0.05, 0.1) is 17.2 Å². The number of hydrogen-bond donors (Lipinski definition) is 0. The summed E-state index contributed by atoms with van der Waals surface area (Å²) in [6, 6.07) is 12.0. The highest BCUT2D eigenvalue weighted by atomic mass is 16.6. The second kappa shape index (κ2) is 7.77. The van der Waals surface area contributed by atoms with Gasteiger partial charge >= 0.3 is 0 Å². The molecule has 1 heterocycles. The van der Waals surface area contributed by atoms with Gasteiger partial charge in [-0.15, -0.1) is 0 Å². The average molecular weight is 353 g/mol. The van der Waals surface area contributed by atoms with Crippen LogP contribution in [0, 0.1) is 10.1 Å². The zero-order chi connectivity index (χ0) is 18.5. The maximum absolute atomic E-state index is 12.6. The fourth-order valence-corrected chi connectivity index (χ4v) is 2.75. The van der Waals surface area contributed by atoms with Gasteiger partial charge in [0.15, 0.2) is 6.61 Å². The van der Waals surface area contributed by atoms with Crippen LogP contribution in [0.2, 0.25) is 0 Å². The Balaban J connectivity index is 1.74. The number of nitro benzene ring substituents is 1. The zero-order valence-electron chi connectivity index (χ0n) is 14.4. The number of benzene rings is 2. The Morgan fingerprint density at radius 3 is 2.73 bits per heavy atom. The van der Waals surface area contributed by atoms with Gasteiger partial charge in [0, 0.05) is 30.5 Å². The first-order valence-corrected chi connectivity index (χ1v) is 8.39. The number of nitrogens with zero attached hydrogens (tertiary/aromatic N) is 3. The zero-order valence-corrected chi connectivity index (χ0v) is 14.4. The van der Waals surface area contributed by atoms with Gasteiger partial charge in [-0.2, -0.15) is 0 Å². The molecule has 0 bridgehead atoms. The predicted molar refractivity (Wildman–Crippen MR) is 99.2 cm³/mol.